The number of methoxy groups -OCH3 is 1. The van der Waals surface area contributed by atoms with E-state index in [1.807, 2.05) is 18.2 Å². The number of hydrogen-bond donors (Lipinski definition) is 2. The van der Waals surface area contributed by atoms with Crippen molar-refractivity contribution >= 4 is 31.9 Å². The van der Waals surface area contributed by atoms with Gasteiger partial charge in [-0.05, 0) is 41.5 Å². The minimum absolute atomic E-state index is 0.206. The molecule has 1 atom stereocenters. The quantitative estimate of drug-likeness (QED) is 0.600. The fraction of sp³-hybridized carbons (Fsp3) is 0.143. The van der Waals surface area contributed by atoms with Crippen LogP contribution < -0.4 is 16.0 Å². The molecule has 0 bridgehead atoms. The Kier molecular flexibility index (Phi) is 5.15. The molecule has 1 unspecified atom stereocenters. The number of nitrogens with two attached hydrogens (primary N) is 1. The number of hydrogen-bond acceptors (Lipinski definition) is 3. The molecule has 20 heavy (non-hydrogen) atoms. The molecule has 0 aliphatic rings. The second-order valence-electron chi connectivity index (χ2n) is 4.16. The summed E-state index contributed by atoms with van der Waals surface area (Å²) in [6, 6.07) is 10.2. The minimum atomic E-state index is -0.420. The monoisotopic (exact) mass is 402 g/mol. The van der Waals surface area contributed by atoms with Crippen LogP contribution in [0.3, 0.4) is 0 Å². The lowest BCUT2D eigenvalue weighted by Gasteiger charge is -2.19. The summed E-state index contributed by atoms with van der Waals surface area (Å²) in [6.07, 6.45) is 0. The van der Waals surface area contributed by atoms with E-state index < -0.39 is 5.82 Å². The number of ether oxygens (including phenoxy) is 1. The Balaban J connectivity index is 2.46. The highest BCUT2D eigenvalue weighted by atomic mass is 79.9. The van der Waals surface area contributed by atoms with Gasteiger partial charge in [0.2, 0.25) is 0 Å². The molecular weight excluding hydrogens is 391 g/mol. The molecule has 0 spiro atoms. The zero-order valence-corrected chi connectivity index (χ0v) is 13.8. The van der Waals surface area contributed by atoms with E-state index in [0.717, 1.165) is 14.5 Å². The van der Waals surface area contributed by atoms with Crippen molar-refractivity contribution in [2.45, 2.75) is 6.04 Å². The molecule has 3 nitrogen and oxygen atoms in total. The van der Waals surface area contributed by atoms with Crippen molar-refractivity contribution in [1.82, 2.24) is 5.43 Å². The van der Waals surface area contributed by atoms with Gasteiger partial charge in [0.25, 0.3) is 0 Å². The van der Waals surface area contributed by atoms with E-state index in [4.69, 9.17) is 10.6 Å². The Hall–Kier alpha value is -0.950. The summed E-state index contributed by atoms with van der Waals surface area (Å²) in [7, 11) is 1.43. The van der Waals surface area contributed by atoms with Gasteiger partial charge in [0.05, 0.1) is 13.2 Å². The van der Waals surface area contributed by atoms with Crippen LogP contribution in [0.15, 0.2) is 45.3 Å². The second kappa shape index (κ2) is 6.67. The first kappa shape index (κ1) is 15.4. The molecule has 2 aromatic carbocycles. The lowest BCUT2D eigenvalue weighted by Crippen LogP contribution is -2.29. The first-order valence-electron chi connectivity index (χ1n) is 5.81. The molecule has 106 valence electrons. The van der Waals surface area contributed by atoms with Crippen LogP contribution in [0.4, 0.5) is 4.39 Å². The van der Waals surface area contributed by atoms with Crippen LogP contribution in [0.5, 0.6) is 5.75 Å². The Morgan fingerprint density at radius 1 is 1.20 bits per heavy atom. The van der Waals surface area contributed by atoms with E-state index in [2.05, 4.69) is 37.3 Å². The number of hydrazine groups is 1. The van der Waals surface area contributed by atoms with Crippen molar-refractivity contribution in [3.05, 3.63) is 62.3 Å². The molecule has 2 aromatic rings. The third-order valence-corrected chi connectivity index (χ3v) is 4.16. The van der Waals surface area contributed by atoms with Crippen molar-refractivity contribution < 1.29 is 9.13 Å². The fourth-order valence-electron chi connectivity index (χ4n) is 1.96. The van der Waals surface area contributed by atoms with Gasteiger partial charge in [0.15, 0.2) is 11.6 Å². The highest BCUT2D eigenvalue weighted by Crippen LogP contribution is 2.32. The highest BCUT2D eigenvalue weighted by Gasteiger charge is 2.17. The standard InChI is InChI=1S/C14H13Br2FN2O/c1-20-13-5-2-8(6-12(13)17)14(19-18)10-7-9(15)3-4-11(10)16/h2-7,14,19H,18H2,1H3. The summed E-state index contributed by atoms with van der Waals surface area (Å²) < 4.78 is 20.6. The summed E-state index contributed by atoms with van der Waals surface area (Å²) in [5.41, 5.74) is 4.33. The number of halogens is 3. The van der Waals surface area contributed by atoms with Gasteiger partial charge in [-0.3, -0.25) is 5.84 Å². The number of rotatable bonds is 4. The Morgan fingerprint density at radius 3 is 2.55 bits per heavy atom. The third kappa shape index (κ3) is 3.20. The van der Waals surface area contributed by atoms with Crippen molar-refractivity contribution in [3.63, 3.8) is 0 Å². The molecule has 0 aliphatic heterocycles. The van der Waals surface area contributed by atoms with E-state index in [1.54, 1.807) is 12.1 Å². The van der Waals surface area contributed by atoms with Crippen LogP contribution in [0, 0.1) is 5.82 Å². The molecule has 0 saturated carbocycles. The maximum atomic E-state index is 13.8. The maximum absolute atomic E-state index is 13.8. The predicted octanol–water partition coefficient (Wildman–Crippen LogP) is 3.91. The normalized spacial score (nSPS) is 12.2. The zero-order valence-electron chi connectivity index (χ0n) is 10.7. The topological polar surface area (TPSA) is 47.3 Å². The SMILES string of the molecule is COc1ccc(C(NN)c2cc(Br)ccc2Br)cc1F. The molecule has 0 aliphatic carbocycles. The Morgan fingerprint density at radius 2 is 1.95 bits per heavy atom. The van der Waals surface area contributed by atoms with Gasteiger partial charge in [0, 0.05) is 8.95 Å². The van der Waals surface area contributed by atoms with Crippen LogP contribution in [0.25, 0.3) is 0 Å². The third-order valence-electron chi connectivity index (χ3n) is 2.94. The van der Waals surface area contributed by atoms with Crippen molar-refractivity contribution in [2.75, 3.05) is 7.11 Å². The first-order valence-corrected chi connectivity index (χ1v) is 7.40. The van der Waals surface area contributed by atoms with Crippen LogP contribution >= 0.6 is 31.9 Å². The van der Waals surface area contributed by atoms with Gasteiger partial charge in [-0.25, -0.2) is 9.82 Å². The predicted molar refractivity (Wildman–Crippen MR) is 84.0 cm³/mol. The van der Waals surface area contributed by atoms with E-state index in [1.165, 1.54) is 13.2 Å². The van der Waals surface area contributed by atoms with Crippen LogP contribution in [-0.2, 0) is 0 Å². The van der Waals surface area contributed by atoms with E-state index in [0.29, 0.717) is 5.56 Å². The van der Waals surface area contributed by atoms with Gasteiger partial charge in [-0.15, -0.1) is 0 Å². The summed E-state index contributed by atoms with van der Waals surface area (Å²) in [5.74, 6) is 5.42. The summed E-state index contributed by atoms with van der Waals surface area (Å²) in [4.78, 5) is 0. The molecule has 3 N–H and O–H groups in total. The average molecular weight is 404 g/mol. The molecule has 0 fully saturated rings. The number of nitrogens with one attached hydrogen (secondary N) is 1. The van der Waals surface area contributed by atoms with E-state index >= 15 is 0 Å². The van der Waals surface area contributed by atoms with Gasteiger partial charge in [0.1, 0.15) is 0 Å². The number of benzene rings is 2. The summed E-state index contributed by atoms with van der Waals surface area (Å²) in [6.45, 7) is 0. The Bertz CT molecular complexity index is 622. The fourth-order valence-corrected chi connectivity index (χ4v) is 2.82. The van der Waals surface area contributed by atoms with Crippen LogP contribution in [0.1, 0.15) is 17.2 Å². The van der Waals surface area contributed by atoms with Crippen molar-refractivity contribution in [2.24, 2.45) is 5.84 Å². The van der Waals surface area contributed by atoms with Crippen molar-refractivity contribution in [3.8, 4) is 5.75 Å². The summed E-state index contributed by atoms with van der Waals surface area (Å²) >= 11 is 6.90. The maximum Gasteiger partial charge on any atom is 0.165 e. The second-order valence-corrected chi connectivity index (χ2v) is 5.93. The van der Waals surface area contributed by atoms with Gasteiger partial charge in [-0.2, -0.15) is 0 Å². The molecule has 6 heteroatoms. The lowest BCUT2D eigenvalue weighted by atomic mass is 9.99. The summed E-state index contributed by atoms with van der Waals surface area (Å²) in [5, 5.41) is 0. The van der Waals surface area contributed by atoms with Gasteiger partial charge >= 0.3 is 0 Å². The molecule has 0 saturated heterocycles. The molecule has 2 rings (SSSR count). The smallest absolute Gasteiger partial charge is 0.165 e. The zero-order chi connectivity index (χ0) is 14.7. The van der Waals surface area contributed by atoms with Crippen LogP contribution in [0.2, 0.25) is 0 Å². The lowest BCUT2D eigenvalue weighted by molar-refractivity contribution is 0.385. The minimum Gasteiger partial charge on any atom is -0.494 e. The van der Waals surface area contributed by atoms with E-state index in [9.17, 15) is 4.39 Å². The molecule has 0 aromatic heterocycles. The largest absolute Gasteiger partial charge is 0.494 e. The molecule has 0 amide bonds. The average Bonchev–Trinajstić information content (AvgIpc) is 2.44. The van der Waals surface area contributed by atoms with E-state index in [-0.39, 0.29) is 11.8 Å². The van der Waals surface area contributed by atoms with Gasteiger partial charge < -0.3 is 4.74 Å². The molecular formula is C14H13Br2FN2O. The van der Waals surface area contributed by atoms with Gasteiger partial charge in [-0.1, -0.05) is 37.9 Å². The first-order chi connectivity index (χ1) is 9.56. The Labute approximate surface area is 133 Å². The van der Waals surface area contributed by atoms with Crippen molar-refractivity contribution in [1.29, 1.82) is 0 Å². The highest BCUT2D eigenvalue weighted by molar-refractivity contribution is 9.11. The molecule has 0 heterocycles. The molecule has 0 radical (unpaired) electrons. The van der Waals surface area contributed by atoms with Crippen LogP contribution in [-0.4, -0.2) is 7.11 Å².